The van der Waals surface area contributed by atoms with Gasteiger partial charge in [-0.05, 0) is 25.3 Å². The van der Waals surface area contributed by atoms with Crippen LogP contribution in [0.4, 0.5) is 0 Å². The van der Waals surface area contributed by atoms with Crippen LogP contribution in [0.3, 0.4) is 0 Å². The molecule has 1 aliphatic heterocycles. The number of likely N-dealkylation sites (N-methyl/N-ethyl adjacent to an activating group) is 1. The van der Waals surface area contributed by atoms with Crippen molar-refractivity contribution in [2.45, 2.75) is 45.3 Å². The molecule has 2 rings (SSSR count). The largest absolute Gasteiger partial charge is 0.389 e. The van der Waals surface area contributed by atoms with Gasteiger partial charge < -0.3 is 14.7 Å². The molecule has 4 nitrogen and oxygen atoms in total. The molecule has 1 saturated heterocycles. The van der Waals surface area contributed by atoms with Gasteiger partial charge in [0.25, 0.3) is 0 Å². The van der Waals surface area contributed by atoms with Gasteiger partial charge in [0, 0.05) is 32.7 Å². The molecule has 0 aromatic rings. The summed E-state index contributed by atoms with van der Waals surface area (Å²) in [6, 6.07) is 0. The molecule has 2 fully saturated rings. The predicted molar refractivity (Wildman–Crippen MR) is 77.3 cm³/mol. The fourth-order valence-electron chi connectivity index (χ4n) is 3.23. The average molecular weight is 270 g/mol. The summed E-state index contributed by atoms with van der Waals surface area (Å²) in [5.41, 5.74) is 0. The van der Waals surface area contributed by atoms with E-state index in [0.29, 0.717) is 18.6 Å². The lowest BCUT2D eigenvalue weighted by Gasteiger charge is -2.35. The van der Waals surface area contributed by atoms with E-state index in [1.54, 1.807) is 0 Å². The van der Waals surface area contributed by atoms with Gasteiger partial charge in [-0.3, -0.25) is 4.90 Å². The lowest BCUT2D eigenvalue weighted by molar-refractivity contribution is -0.0354. The Bertz CT molecular complexity index is 255. The molecular formula is C15H30N2O2. The SMILES string of the molecule is CCN1CCN(C[C@H](O)CO[C@@H]2CCC[C@H]2C)CC1. The van der Waals surface area contributed by atoms with Gasteiger partial charge in [0.2, 0.25) is 0 Å². The maximum absolute atomic E-state index is 10.1. The van der Waals surface area contributed by atoms with Crippen LogP contribution < -0.4 is 0 Å². The molecule has 1 heterocycles. The Morgan fingerprint density at radius 3 is 2.42 bits per heavy atom. The van der Waals surface area contributed by atoms with E-state index in [-0.39, 0.29) is 6.10 Å². The standard InChI is InChI=1S/C15H30N2O2/c1-3-16-7-9-17(10-8-16)11-14(18)12-19-15-6-4-5-13(15)2/h13-15,18H,3-12H2,1-2H3/t13-,14+,15-/m1/s1. The molecule has 0 bridgehead atoms. The second-order valence-corrected chi connectivity index (χ2v) is 6.17. The van der Waals surface area contributed by atoms with Gasteiger partial charge >= 0.3 is 0 Å². The molecule has 0 aromatic heterocycles. The van der Waals surface area contributed by atoms with E-state index in [9.17, 15) is 5.11 Å². The summed E-state index contributed by atoms with van der Waals surface area (Å²) in [6.07, 6.45) is 3.77. The Morgan fingerprint density at radius 2 is 1.84 bits per heavy atom. The van der Waals surface area contributed by atoms with Crippen LogP contribution in [0.15, 0.2) is 0 Å². The molecule has 2 aliphatic rings. The third-order valence-corrected chi connectivity index (χ3v) is 4.67. The number of hydrogen-bond donors (Lipinski definition) is 1. The molecule has 0 unspecified atom stereocenters. The summed E-state index contributed by atoms with van der Waals surface area (Å²) < 4.78 is 5.87. The Kier molecular flexibility index (Phi) is 6.07. The first kappa shape index (κ1) is 15.2. The first-order valence-corrected chi connectivity index (χ1v) is 7.93. The average Bonchev–Trinajstić information content (AvgIpc) is 2.83. The Labute approximate surface area is 117 Å². The van der Waals surface area contributed by atoms with Crippen LogP contribution in [0.25, 0.3) is 0 Å². The molecule has 4 heteroatoms. The summed E-state index contributed by atoms with van der Waals surface area (Å²) >= 11 is 0. The number of β-amino-alcohol motifs (C(OH)–C–C–N with tert-alkyl or cyclic N) is 1. The lowest BCUT2D eigenvalue weighted by atomic mass is 10.1. The second-order valence-electron chi connectivity index (χ2n) is 6.17. The monoisotopic (exact) mass is 270 g/mol. The highest BCUT2D eigenvalue weighted by molar-refractivity contribution is 4.76. The molecule has 1 aliphatic carbocycles. The number of aliphatic hydroxyl groups excluding tert-OH is 1. The van der Waals surface area contributed by atoms with Crippen molar-refractivity contribution in [2.24, 2.45) is 5.92 Å². The number of nitrogens with zero attached hydrogens (tertiary/aromatic N) is 2. The van der Waals surface area contributed by atoms with Crippen molar-refractivity contribution in [3.05, 3.63) is 0 Å². The van der Waals surface area contributed by atoms with E-state index in [1.165, 1.54) is 19.3 Å². The molecule has 0 spiro atoms. The van der Waals surface area contributed by atoms with Crippen LogP contribution in [0.2, 0.25) is 0 Å². The molecule has 19 heavy (non-hydrogen) atoms. The van der Waals surface area contributed by atoms with Gasteiger partial charge in [0.05, 0.1) is 18.8 Å². The zero-order valence-electron chi connectivity index (χ0n) is 12.6. The van der Waals surface area contributed by atoms with Crippen LogP contribution in [-0.4, -0.2) is 73.0 Å². The minimum absolute atomic E-state index is 0.332. The van der Waals surface area contributed by atoms with Crippen LogP contribution in [0.1, 0.15) is 33.1 Å². The zero-order valence-corrected chi connectivity index (χ0v) is 12.6. The molecule has 112 valence electrons. The van der Waals surface area contributed by atoms with Gasteiger partial charge in [-0.2, -0.15) is 0 Å². The van der Waals surface area contributed by atoms with E-state index in [4.69, 9.17) is 4.74 Å². The molecule has 0 amide bonds. The molecule has 0 radical (unpaired) electrons. The minimum atomic E-state index is -0.332. The smallest absolute Gasteiger partial charge is 0.0900 e. The lowest BCUT2D eigenvalue weighted by Crippen LogP contribution is -2.49. The van der Waals surface area contributed by atoms with Crippen molar-refractivity contribution in [1.29, 1.82) is 0 Å². The number of hydrogen-bond acceptors (Lipinski definition) is 4. The molecule has 3 atom stereocenters. The third kappa shape index (κ3) is 4.71. The summed E-state index contributed by atoms with van der Waals surface area (Å²) in [6.45, 7) is 11.3. The maximum atomic E-state index is 10.1. The molecule has 0 aromatic carbocycles. The maximum Gasteiger partial charge on any atom is 0.0900 e. The summed E-state index contributed by atoms with van der Waals surface area (Å²) in [4.78, 5) is 4.82. The van der Waals surface area contributed by atoms with Crippen molar-refractivity contribution < 1.29 is 9.84 Å². The van der Waals surface area contributed by atoms with Gasteiger partial charge in [-0.15, -0.1) is 0 Å². The summed E-state index contributed by atoms with van der Waals surface area (Å²) in [5.74, 6) is 0.667. The normalized spacial score (nSPS) is 31.7. The van der Waals surface area contributed by atoms with Crippen LogP contribution in [0.5, 0.6) is 0 Å². The first-order chi connectivity index (χ1) is 9.19. The highest BCUT2D eigenvalue weighted by atomic mass is 16.5. The molecule has 1 saturated carbocycles. The molecular weight excluding hydrogens is 240 g/mol. The fourth-order valence-corrected chi connectivity index (χ4v) is 3.23. The summed E-state index contributed by atoms with van der Waals surface area (Å²) in [5, 5.41) is 10.1. The highest BCUT2D eigenvalue weighted by Gasteiger charge is 2.25. The van der Waals surface area contributed by atoms with Crippen molar-refractivity contribution in [3.63, 3.8) is 0 Å². The number of rotatable bonds is 6. The van der Waals surface area contributed by atoms with Crippen molar-refractivity contribution in [1.82, 2.24) is 9.80 Å². The predicted octanol–water partition coefficient (Wildman–Crippen LogP) is 1.19. The van der Waals surface area contributed by atoms with Crippen LogP contribution >= 0.6 is 0 Å². The summed E-state index contributed by atoms with van der Waals surface area (Å²) in [7, 11) is 0. The van der Waals surface area contributed by atoms with E-state index in [1.807, 2.05) is 0 Å². The van der Waals surface area contributed by atoms with Crippen molar-refractivity contribution in [3.8, 4) is 0 Å². The van der Waals surface area contributed by atoms with Crippen molar-refractivity contribution >= 4 is 0 Å². The molecule has 1 N–H and O–H groups in total. The number of piperazine rings is 1. The second kappa shape index (κ2) is 7.58. The fraction of sp³-hybridized carbons (Fsp3) is 1.00. The van der Waals surface area contributed by atoms with Gasteiger partial charge in [-0.1, -0.05) is 20.3 Å². The van der Waals surface area contributed by atoms with Gasteiger partial charge in [0.1, 0.15) is 0 Å². The van der Waals surface area contributed by atoms with E-state index < -0.39 is 0 Å². The third-order valence-electron chi connectivity index (χ3n) is 4.67. The van der Waals surface area contributed by atoms with E-state index >= 15 is 0 Å². The van der Waals surface area contributed by atoms with Gasteiger partial charge in [-0.25, -0.2) is 0 Å². The van der Waals surface area contributed by atoms with Crippen molar-refractivity contribution in [2.75, 3.05) is 45.9 Å². The first-order valence-electron chi connectivity index (χ1n) is 7.93. The van der Waals surface area contributed by atoms with Gasteiger partial charge in [0.15, 0.2) is 0 Å². The zero-order chi connectivity index (χ0) is 13.7. The topological polar surface area (TPSA) is 35.9 Å². The Balaban J connectivity index is 1.60. The van der Waals surface area contributed by atoms with Crippen LogP contribution in [-0.2, 0) is 4.74 Å². The Hall–Kier alpha value is -0.160. The minimum Gasteiger partial charge on any atom is -0.389 e. The van der Waals surface area contributed by atoms with Crippen LogP contribution in [0, 0.1) is 5.92 Å². The highest BCUT2D eigenvalue weighted by Crippen LogP contribution is 2.27. The van der Waals surface area contributed by atoms with E-state index in [0.717, 1.165) is 39.3 Å². The number of ether oxygens (including phenoxy) is 1. The quantitative estimate of drug-likeness (QED) is 0.786. The van der Waals surface area contributed by atoms with E-state index in [2.05, 4.69) is 23.6 Å². The Morgan fingerprint density at radius 1 is 1.16 bits per heavy atom. The number of aliphatic hydroxyl groups is 1.